The fourth-order valence-electron chi connectivity index (χ4n) is 2.70. The van der Waals surface area contributed by atoms with Gasteiger partial charge in [-0.05, 0) is 43.4 Å². The number of benzene rings is 1. The summed E-state index contributed by atoms with van der Waals surface area (Å²) in [6.07, 6.45) is 3.28. The van der Waals surface area contributed by atoms with Crippen LogP contribution in [0.4, 0.5) is 0 Å². The highest BCUT2D eigenvalue weighted by atomic mass is 16.5. The lowest BCUT2D eigenvalue weighted by atomic mass is 10.1. The maximum atomic E-state index is 12.1. The third-order valence-corrected chi connectivity index (χ3v) is 3.87. The van der Waals surface area contributed by atoms with Crippen molar-refractivity contribution in [2.24, 2.45) is 0 Å². The molecule has 1 aliphatic heterocycles. The predicted octanol–water partition coefficient (Wildman–Crippen LogP) is 2.09. The highest BCUT2D eigenvalue weighted by molar-refractivity contribution is 5.84. The van der Waals surface area contributed by atoms with Crippen molar-refractivity contribution < 1.29 is 19.4 Å². The molecule has 0 aromatic heterocycles. The Bertz CT molecular complexity index is 498. The molecule has 0 unspecified atom stereocenters. The van der Waals surface area contributed by atoms with Gasteiger partial charge in [-0.3, -0.25) is 4.79 Å². The molecule has 0 spiro atoms. The molecule has 1 aromatic carbocycles. The second-order valence-corrected chi connectivity index (χ2v) is 5.29. The van der Waals surface area contributed by atoms with Crippen molar-refractivity contribution >= 4 is 11.9 Å². The van der Waals surface area contributed by atoms with Crippen LogP contribution in [0.15, 0.2) is 24.3 Å². The minimum absolute atomic E-state index is 0.0478. The maximum absolute atomic E-state index is 12.1. The molecular formula is C16H21NO4. The van der Waals surface area contributed by atoms with E-state index in [0.29, 0.717) is 19.4 Å². The Morgan fingerprint density at radius 3 is 2.67 bits per heavy atom. The highest BCUT2D eigenvalue weighted by Crippen LogP contribution is 2.19. The Balaban J connectivity index is 1.79. The summed E-state index contributed by atoms with van der Waals surface area (Å²) in [5.74, 6) is -0.124. The molecule has 5 nitrogen and oxygen atoms in total. The maximum Gasteiger partial charge on any atom is 0.326 e. The number of carboxylic acids is 1. The summed E-state index contributed by atoms with van der Waals surface area (Å²) in [4.78, 5) is 24.7. The lowest BCUT2D eigenvalue weighted by Gasteiger charge is -2.21. The van der Waals surface area contributed by atoms with Crippen LogP contribution in [-0.4, -0.2) is 41.6 Å². The molecule has 0 radical (unpaired) electrons. The number of carbonyl (C=O) groups is 2. The van der Waals surface area contributed by atoms with Gasteiger partial charge in [0.15, 0.2) is 0 Å². The predicted molar refractivity (Wildman–Crippen MR) is 78.3 cm³/mol. The minimum Gasteiger partial charge on any atom is -0.497 e. The second-order valence-electron chi connectivity index (χ2n) is 5.29. The zero-order valence-electron chi connectivity index (χ0n) is 12.2. The highest BCUT2D eigenvalue weighted by Gasteiger charge is 2.33. The fraction of sp³-hybridized carbons (Fsp3) is 0.500. The van der Waals surface area contributed by atoms with Crippen LogP contribution in [0, 0.1) is 0 Å². The Morgan fingerprint density at radius 1 is 1.33 bits per heavy atom. The number of amides is 1. The summed E-state index contributed by atoms with van der Waals surface area (Å²) in [6, 6.07) is 7.15. The molecule has 1 heterocycles. The van der Waals surface area contributed by atoms with Gasteiger partial charge >= 0.3 is 5.97 Å². The van der Waals surface area contributed by atoms with Crippen molar-refractivity contribution in [2.45, 2.75) is 38.1 Å². The molecule has 0 bridgehead atoms. The lowest BCUT2D eigenvalue weighted by Crippen LogP contribution is -2.40. The molecule has 1 aromatic rings. The van der Waals surface area contributed by atoms with E-state index in [1.54, 1.807) is 7.11 Å². The molecule has 1 saturated heterocycles. The van der Waals surface area contributed by atoms with E-state index in [9.17, 15) is 9.59 Å². The van der Waals surface area contributed by atoms with Gasteiger partial charge in [-0.15, -0.1) is 0 Å². The van der Waals surface area contributed by atoms with Gasteiger partial charge in [0, 0.05) is 13.0 Å². The van der Waals surface area contributed by atoms with Crippen LogP contribution in [-0.2, 0) is 16.0 Å². The van der Waals surface area contributed by atoms with Gasteiger partial charge in [-0.2, -0.15) is 0 Å². The first-order chi connectivity index (χ1) is 10.1. The van der Waals surface area contributed by atoms with Gasteiger partial charge in [0.1, 0.15) is 11.8 Å². The summed E-state index contributed by atoms with van der Waals surface area (Å²) in [6.45, 7) is 0.568. The van der Waals surface area contributed by atoms with Crippen LogP contribution in [0.5, 0.6) is 5.75 Å². The Labute approximate surface area is 124 Å². The van der Waals surface area contributed by atoms with E-state index < -0.39 is 12.0 Å². The normalized spacial score (nSPS) is 17.8. The summed E-state index contributed by atoms with van der Waals surface area (Å²) in [5.41, 5.74) is 1.15. The van der Waals surface area contributed by atoms with Gasteiger partial charge in [-0.25, -0.2) is 4.79 Å². The monoisotopic (exact) mass is 291 g/mol. The molecule has 1 amide bonds. The van der Waals surface area contributed by atoms with Crippen molar-refractivity contribution in [2.75, 3.05) is 13.7 Å². The van der Waals surface area contributed by atoms with E-state index in [4.69, 9.17) is 9.84 Å². The number of hydrogen-bond donors (Lipinski definition) is 1. The molecule has 2 rings (SSSR count). The third-order valence-electron chi connectivity index (χ3n) is 3.87. The number of aryl methyl sites for hydroxylation is 1. The van der Waals surface area contributed by atoms with E-state index >= 15 is 0 Å². The SMILES string of the molecule is COc1ccc(CCCC(=O)N2CCC[C@@H]2C(=O)O)cc1. The van der Waals surface area contributed by atoms with Crippen LogP contribution in [0.1, 0.15) is 31.2 Å². The average molecular weight is 291 g/mol. The van der Waals surface area contributed by atoms with Crippen molar-refractivity contribution in [3.05, 3.63) is 29.8 Å². The van der Waals surface area contributed by atoms with Gasteiger partial charge in [-0.1, -0.05) is 12.1 Å². The van der Waals surface area contributed by atoms with Crippen LogP contribution in [0.2, 0.25) is 0 Å². The number of aliphatic carboxylic acids is 1. The van der Waals surface area contributed by atoms with Crippen molar-refractivity contribution in [1.29, 1.82) is 0 Å². The summed E-state index contributed by atoms with van der Waals surface area (Å²) in [5, 5.41) is 9.08. The molecule has 0 saturated carbocycles. The molecule has 1 atom stereocenters. The summed E-state index contributed by atoms with van der Waals surface area (Å²) < 4.78 is 5.10. The van der Waals surface area contributed by atoms with Crippen LogP contribution < -0.4 is 4.74 Å². The van der Waals surface area contributed by atoms with E-state index in [1.165, 1.54) is 4.90 Å². The first kappa shape index (κ1) is 15.4. The summed E-state index contributed by atoms with van der Waals surface area (Å²) >= 11 is 0. The van der Waals surface area contributed by atoms with E-state index in [1.807, 2.05) is 24.3 Å². The van der Waals surface area contributed by atoms with Crippen molar-refractivity contribution in [1.82, 2.24) is 4.90 Å². The first-order valence-electron chi connectivity index (χ1n) is 7.27. The number of rotatable bonds is 6. The van der Waals surface area contributed by atoms with E-state index in [-0.39, 0.29) is 5.91 Å². The standard InChI is InChI=1S/C16H21NO4/c1-21-13-9-7-12(8-10-13)4-2-6-15(18)17-11-3-5-14(17)16(19)20/h7-10,14H,2-6,11H2,1H3,(H,19,20)/t14-/m1/s1. The zero-order valence-corrected chi connectivity index (χ0v) is 12.2. The molecule has 0 aliphatic carbocycles. The number of methoxy groups -OCH3 is 1. The topological polar surface area (TPSA) is 66.8 Å². The quantitative estimate of drug-likeness (QED) is 0.871. The number of nitrogens with zero attached hydrogens (tertiary/aromatic N) is 1. The van der Waals surface area contributed by atoms with Crippen LogP contribution in [0.25, 0.3) is 0 Å². The molecule has 21 heavy (non-hydrogen) atoms. The molecule has 114 valence electrons. The average Bonchev–Trinajstić information content (AvgIpc) is 2.97. The Morgan fingerprint density at radius 2 is 2.05 bits per heavy atom. The molecule has 1 fully saturated rings. The smallest absolute Gasteiger partial charge is 0.326 e. The van der Waals surface area contributed by atoms with Gasteiger partial charge in [0.25, 0.3) is 0 Å². The number of carbonyl (C=O) groups excluding carboxylic acids is 1. The third kappa shape index (κ3) is 3.97. The minimum atomic E-state index is -0.893. The van der Waals surface area contributed by atoms with Gasteiger partial charge in [0.05, 0.1) is 7.11 Å². The molecule has 1 N–H and O–H groups in total. The van der Waals surface area contributed by atoms with Crippen LogP contribution in [0.3, 0.4) is 0 Å². The van der Waals surface area contributed by atoms with Crippen molar-refractivity contribution in [3.63, 3.8) is 0 Å². The number of hydrogen-bond acceptors (Lipinski definition) is 3. The largest absolute Gasteiger partial charge is 0.497 e. The molecule has 1 aliphatic rings. The zero-order chi connectivity index (χ0) is 15.2. The van der Waals surface area contributed by atoms with Crippen LogP contribution >= 0.6 is 0 Å². The Hall–Kier alpha value is -2.04. The number of likely N-dealkylation sites (tertiary alicyclic amines) is 1. The van der Waals surface area contributed by atoms with Gasteiger partial charge < -0.3 is 14.7 Å². The first-order valence-corrected chi connectivity index (χ1v) is 7.27. The number of carboxylic acid groups (broad SMARTS) is 1. The fourth-order valence-corrected chi connectivity index (χ4v) is 2.70. The lowest BCUT2D eigenvalue weighted by molar-refractivity contribution is -0.148. The number of ether oxygens (including phenoxy) is 1. The Kier molecular flexibility index (Phi) is 5.20. The molecular weight excluding hydrogens is 270 g/mol. The second kappa shape index (κ2) is 7.11. The van der Waals surface area contributed by atoms with E-state index in [2.05, 4.69) is 0 Å². The van der Waals surface area contributed by atoms with E-state index in [0.717, 1.165) is 30.6 Å². The summed E-state index contributed by atoms with van der Waals surface area (Å²) in [7, 11) is 1.63. The van der Waals surface area contributed by atoms with Gasteiger partial charge in [0.2, 0.25) is 5.91 Å². The molecule has 5 heteroatoms. The van der Waals surface area contributed by atoms with Crippen molar-refractivity contribution in [3.8, 4) is 5.75 Å².